The summed E-state index contributed by atoms with van der Waals surface area (Å²) in [7, 11) is 1.85. The molecule has 0 aromatic heterocycles. The number of hydrogen-bond acceptors (Lipinski definition) is 4. The predicted octanol–water partition coefficient (Wildman–Crippen LogP) is 4.49. The Hall–Kier alpha value is -1.66. The summed E-state index contributed by atoms with van der Waals surface area (Å²) in [5.41, 5.74) is 1.38. The molecule has 0 aliphatic carbocycles. The molecule has 5 nitrogen and oxygen atoms in total. The minimum Gasteiger partial charge on any atom is -0.486 e. The van der Waals surface area contributed by atoms with Gasteiger partial charge in [-0.2, -0.15) is 0 Å². The maximum Gasteiger partial charge on any atom is 0.238 e. The number of halogens is 3. The third-order valence-corrected chi connectivity index (χ3v) is 4.56. The zero-order chi connectivity index (χ0) is 18.7. The van der Waals surface area contributed by atoms with Gasteiger partial charge >= 0.3 is 0 Å². The number of fused-ring (bicyclic) bond motifs is 1. The highest BCUT2D eigenvalue weighted by atomic mass is 35.5. The van der Waals surface area contributed by atoms with Crippen LogP contribution in [-0.4, -0.2) is 37.6 Å². The molecule has 26 heavy (non-hydrogen) atoms. The molecule has 8 heteroatoms. The van der Waals surface area contributed by atoms with E-state index < -0.39 is 0 Å². The van der Waals surface area contributed by atoms with Gasteiger partial charge in [0.15, 0.2) is 11.5 Å². The summed E-state index contributed by atoms with van der Waals surface area (Å²) in [6.45, 7) is 1.84. The Labute approximate surface area is 166 Å². The number of amides is 1. The van der Waals surface area contributed by atoms with E-state index in [9.17, 15) is 4.79 Å². The maximum absolute atomic E-state index is 12.3. The second kappa shape index (κ2) is 8.35. The smallest absolute Gasteiger partial charge is 0.238 e. The van der Waals surface area contributed by atoms with E-state index in [2.05, 4.69) is 5.32 Å². The minimum absolute atomic E-state index is 0.170. The first kappa shape index (κ1) is 19.1. The van der Waals surface area contributed by atoms with Crippen molar-refractivity contribution in [1.29, 1.82) is 0 Å². The number of anilines is 1. The van der Waals surface area contributed by atoms with Crippen molar-refractivity contribution >= 4 is 46.4 Å². The number of ether oxygens (including phenoxy) is 2. The van der Waals surface area contributed by atoms with Crippen molar-refractivity contribution in [3.05, 3.63) is 51.0 Å². The first-order valence-electron chi connectivity index (χ1n) is 7.94. The van der Waals surface area contributed by atoms with Gasteiger partial charge in [0.25, 0.3) is 0 Å². The Balaban J connectivity index is 1.59. The van der Waals surface area contributed by atoms with Gasteiger partial charge in [0.2, 0.25) is 5.91 Å². The van der Waals surface area contributed by atoms with Gasteiger partial charge in [-0.25, -0.2) is 0 Å². The molecule has 1 heterocycles. The molecule has 2 aromatic rings. The SMILES string of the molecule is CN(CC(=O)Nc1c(Cl)cc(Cl)cc1Cl)Cc1ccc2c(c1)OCCO2. The molecule has 2 aromatic carbocycles. The molecule has 1 aliphatic rings. The molecule has 3 rings (SSSR count). The lowest BCUT2D eigenvalue weighted by Gasteiger charge is -2.21. The van der Waals surface area contributed by atoms with E-state index in [1.165, 1.54) is 12.1 Å². The zero-order valence-electron chi connectivity index (χ0n) is 14.0. The summed E-state index contributed by atoms with van der Waals surface area (Å²) in [6, 6.07) is 8.82. The van der Waals surface area contributed by atoms with Crippen molar-refractivity contribution in [2.75, 3.05) is 32.1 Å². The molecule has 1 aliphatic heterocycles. The van der Waals surface area contributed by atoms with E-state index in [0.29, 0.717) is 40.5 Å². The van der Waals surface area contributed by atoms with E-state index in [1.807, 2.05) is 30.1 Å². The number of rotatable bonds is 5. The van der Waals surface area contributed by atoms with E-state index in [4.69, 9.17) is 44.3 Å². The van der Waals surface area contributed by atoms with Crippen LogP contribution in [0.1, 0.15) is 5.56 Å². The third-order valence-electron chi connectivity index (χ3n) is 3.74. The van der Waals surface area contributed by atoms with Crippen molar-refractivity contribution in [2.45, 2.75) is 6.54 Å². The largest absolute Gasteiger partial charge is 0.486 e. The van der Waals surface area contributed by atoms with Crippen LogP contribution in [0, 0.1) is 0 Å². The fourth-order valence-electron chi connectivity index (χ4n) is 2.64. The van der Waals surface area contributed by atoms with Crippen LogP contribution >= 0.6 is 34.8 Å². The van der Waals surface area contributed by atoms with Gasteiger partial charge in [0, 0.05) is 11.6 Å². The molecule has 138 valence electrons. The van der Waals surface area contributed by atoms with Gasteiger partial charge in [0.1, 0.15) is 13.2 Å². The lowest BCUT2D eigenvalue weighted by atomic mass is 10.2. The van der Waals surface area contributed by atoms with Crippen LogP contribution in [0.2, 0.25) is 15.1 Å². The molecule has 1 amide bonds. The van der Waals surface area contributed by atoms with Gasteiger partial charge in [-0.05, 0) is 36.9 Å². The molecule has 0 fully saturated rings. The molecule has 0 radical (unpaired) electrons. The van der Waals surface area contributed by atoms with Crippen molar-refractivity contribution in [2.24, 2.45) is 0 Å². The standard InChI is InChI=1S/C18H17Cl3N2O3/c1-23(9-11-2-3-15-16(6-11)26-5-4-25-15)10-17(24)22-18-13(20)7-12(19)8-14(18)21/h2-3,6-8H,4-5,9-10H2,1H3,(H,22,24). The zero-order valence-corrected chi connectivity index (χ0v) is 16.3. The molecule has 0 saturated heterocycles. The highest BCUT2D eigenvalue weighted by Gasteiger charge is 2.15. The van der Waals surface area contributed by atoms with E-state index in [-0.39, 0.29) is 12.5 Å². The summed E-state index contributed by atoms with van der Waals surface area (Å²) >= 11 is 18.1. The van der Waals surface area contributed by atoms with Gasteiger partial charge in [-0.15, -0.1) is 0 Å². The van der Waals surface area contributed by atoms with Crippen LogP contribution in [0.5, 0.6) is 11.5 Å². The molecule has 1 N–H and O–H groups in total. The molecular formula is C18H17Cl3N2O3. The summed E-state index contributed by atoms with van der Waals surface area (Å²) in [5.74, 6) is 1.25. The van der Waals surface area contributed by atoms with Crippen LogP contribution in [0.15, 0.2) is 30.3 Å². The maximum atomic E-state index is 12.3. The number of nitrogens with one attached hydrogen (secondary N) is 1. The molecule has 0 atom stereocenters. The Morgan fingerprint density at radius 1 is 1.08 bits per heavy atom. The number of benzene rings is 2. The van der Waals surface area contributed by atoms with E-state index in [1.54, 1.807) is 0 Å². The Kier molecular flexibility index (Phi) is 6.14. The number of likely N-dealkylation sites (N-methyl/N-ethyl adjacent to an activating group) is 1. The lowest BCUT2D eigenvalue weighted by Crippen LogP contribution is -2.30. The van der Waals surface area contributed by atoms with E-state index >= 15 is 0 Å². The molecule has 0 unspecified atom stereocenters. The normalized spacial score (nSPS) is 13.0. The second-order valence-corrected chi connectivity index (χ2v) is 7.19. The summed E-state index contributed by atoms with van der Waals surface area (Å²) < 4.78 is 11.1. The topological polar surface area (TPSA) is 50.8 Å². The number of carbonyl (C=O) groups excluding carboxylic acids is 1. The molecule has 0 spiro atoms. The third kappa shape index (κ3) is 4.74. The van der Waals surface area contributed by atoms with Gasteiger partial charge in [0.05, 0.1) is 22.3 Å². The molecule has 0 saturated carbocycles. The lowest BCUT2D eigenvalue weighted by molar-refractivity contribution is -0.117. The fourth-order valence-corrected chi connectivity index (χ4v) is 3.55. The monoisotopic (exact) mass is 414 g/mol. The fraction of sp³-hybridized carbons (Fsp3) is 0.278. The average Bonchev–Trinajstić information content (AvgIpc) is 2.58. The van der Waals surface area contributed by atoms with Crippen molar-refractivity contribution in [3.63, 3.8) is 0 Å². The van der Waals surface area contributed by atoms with Gasteiger partial charge in [-0.3, -0.25) is 9.69 Å². The van der Waals surface area contributed by atoms with Crippen LogP contribution in [0.3, 0.4) is 0 Å². The quantitative estimate of drug-likeness (QED) is 0.782. The molecule has 0 bridgehead atoms. The van der Waals surface area contributed by atoms with E-state index in [0.717, 1.165) is 17.1 Å². The number of carbonyl (C=O) groups is 1. The van der Waals surface area contributed by atoms with Crippen LogP contribution in [-0.2, 0) is 11.3 Å². The second-order valence-electron chi connectivity index (χ2n) is 5.94. The first-order valence-corrected chi connectivity index (χ1v) is 9.07. The number of nitrogens with zero attached hydrogens (tertiary/aromatic N) is 1. The Morgan fingerprint density at radius 3 is 2.42 bits per heavy atom. The van der Waals surface area contributed by atoms with Gasteiger partial charge in [-0.1, -0.05) is 40.9 Å². The Morgan fingerprint density at radius 2 is 1.73 bits per heavy atom. The minimum atomic E-state index is -0.226. The average molecular weight is 416 g/mol. The molecular weight excluding hydrogens is 399 g/mol. The van der Waals surface area contributed by atoms with Crippen molar-refractivity contribution in [3.8, 4) is 11.5 Å². The van der Waals surface area contributed by atoms with Crippen molar-refractivity contribution < 1.29 is 14.3 Å². The van der Waals surface area contributed by atoms with Crippen LogP contribution in [0.25, 0.3) is 0 Å². The highest BCUT2D eigenvalue weighted by Crippen LogP contribution is 2.34. The van der Waals surface area contributed by atoms with Gasteiger partial charge < -0.3 is 14.8 Å². The highest BCUT2D eigenvalue weighted by molar-refractivity contribution is 6.42. The predicted molar refractivity (Wildman–Crippen MR) is 104 cm³/mol. The summed E-state index contributed by atoms with van der Waals surface area (Å²) in [4.78, 5) is 14.2. The van der Waals surface area contributed by atoms with Crippen LogP contribution in [0.4, 0.5) is 5.69 Å². The number of hydrogen-bond donors (Lipinski definition) is 1. The van der Waals surface area contributed by atoms with Crippen LogP contribution < -0.4 is 14.8 Å². The first-order chi connectivity index (χ1) is 12.4. The van der Waals surface area contributed by atoms with Crippen molar-refractivity contribution in [1.82, 2.24) is 4.90 Å². The summed E-state index contributed by atoms with van der Waals surface area (Å²) in [5, 5.41) is 3.73. The Bertz CT molecular complexity index is 806. The summed E-state index contributed by atoms with van der Waals surface area (Å²) in [6.07, 6.45) is 0.